The van der Waals surface area contributed by atoms with Crippen molar-refractivity contribution < 1.29 is 0 Å². The fourth-order valence-corrected chi connectivity index (χ4v) is 1.65. The Bertz CT molecular complexity index is 575. The van der Waals surface area contributed by atoms with Gasteiger partial charge in [0.15, 0.2) is 5.82 Å². The first-order valence-corrected chi connectivity index (χ1v) is 5.02. The number of hydrogen-bond acceptors (Lipinski definition) is 3. The van der Waals surface area contributed by atoms with Crippen LogP contribution in [0.15, 0.2) is 18.5 Å². The smallest absolute Gasteiger partial charge is 0.171 e. The molecule has 0 bridgehead atoms. The predicted octanol–water partition coefficient (Wildman–Crippen LogP) is 2.06. The molecule has 0 aromatic carbocycles. The highest BCUT2D eigenvalue weighted by Gasteiger charge is 2.10. The van der Waals surface area contributed by atoms with Gasteiger partial charge in [-0.25, -0.2) is 9.67 Å². The molecule has 0 saturated carbocycles. The van der Waals surface area contributed by atoms with Gasteiger partial charge in [0.05, 0.1) is 11.8 Å². The van der Waals surface area contributed by atoms with Gasteiger partial charge in [0.1, 0.15) is 6.07 Å². The SMILES string of the molecule is Cc1cnn(-c2nc(C)cc(C)c2C#N)c1. The maximum atomic E-state index is 9.13. The Morgan fingerprint density at radius 3 is 2.62 bits per heavy atom. The quantitative estimate of drug-likeness (QED) is 0.727. The minimum absolute atomic E-state index is 0.578. The van der Waals surface area contributed by atoms with Crippen molar-refractivity contribution in [3.05, 3.63) is 40.8 Å². The average Bonchev–Trinajstić information content (AvgIpc) is 2.63. The molecule has 80 valence electrons. The van der Waals surface area contributed by atoms with E-state index in [9.17, 15) is 0 Å². The van der Waals surface area contributed by atoms with Crippen molar-refractivity contribution in [3.63, 3.8) is 0 Å². The summed E-state index contributed by atoms with van der Waals surface area (Å²) in [6, 6.07) is 4.08. The molecule has 2 rings (SSSR count). The minimum Gasteiger partial charge on any atom is -0.233 e. The molecule has 2 aromatic heterocycles. The minimum atomic E-state index is 0.578. The second kappa shape index (κ2) is 3.78. The molecule has 0 spiro atoms. The van der Waals surface area contributed by atoms with Gasteiger partial charge in [-0.05, 0) is 38.0 Å². The van der Waals surface area contributed by atoms with Crippen LogP contribution in [0.25, 0.3) is 5.82 Å². The van der Waals surface area contributed by atoms with Crippen molar-refractivity contribution in [2.75, 3.05) is 0 Å². The number of nitrogens with zero attached hydrogens (tertiary/aromatic N) is 4. The molecule has 0 unspecified atom stereocenters. The highest BCUT2D eigenvalue weighted by atomic mass is 15.3. The van der Waals surface area contributed by atoms with Crippen LogP contribution in [0.3, 0.4) is 0 Å². The van der Waals surface area contributed by atoms with Gasteiger partial charge in [-0.1, -0.05) is 0 Å². The molecule has 0 atom stereocenters. The van der Waals surface area contributed by atoms with Crippen LogP contribution in [0.2, 0.25) is 0 Å². The molecule has 2 heterocycles. The molecule has 0 aliphatic heterocycles. The van der Waals surface area contributed by atoms with Crippen molar-refractivity contribution in [3.8, 4) is 11.9 Å². The summed E-state index contributed by atoms with van der Waals surface area (Å²) in [4.78, 5) is 4.37. The van der Waals surface area contributed by atoms with Crippen molar-refractivity contribution in [2.24, 2.45) is 0 Å². The van der Waals surface area contributed by atoms with Crippen molar-refractivity contribution in [1.82, 2.24) is 14.8 Å². The van der Waals surface area contributed by atoms with Gasteiger partial charge in [-0.3, -0.25) is 0 Å². The van der Waals surface area contributed by atoms with Crippen LogP contribution in [0.4, 0.5) is 0 Å². The first-order valence-electron chi connectivity index (χ1n) is 5.02. The molecule has 16 heavy (non-hydrogen) atoms. The van der Waals surface area contributed by atoms with Crippen LogP contribution >= 0.6 is 0 Å². The van der Waals surface area contributed by atoms with Crippen LogP contribution in [-0.2, 0) is 0 Å². The van der Waals surface area contributed by atoms with Gasteiger partial charge in [-0.2, -0.15) is 10.4 Å². The molecule has 0 aliphatic rings. The third kappa shape index (κ3) is 1.68. The molecule has 0 radical (unpaired) electrons. The highest BCUT2D eigenvalue weighted by Crippen LogP contribution is 2.16. The van der Waals surface area contributed by atoms with Crippen LogP contribution in [0.5, 0.6) is 0 Å². The van der Waals surface area contributed by atoms with E-state index in [-0.39, 0.29) is 0 Å². The van der Waals surface area contributed by atoms with Crippen molar-refractivity contribution in [1.29, 1.82) is 5.26 Å². The van der Waals surface area contributed by atoms with Gasteiger partial charge in [0.25, 0.3) is 0 Å². The Morgan fingerprint density at radius 1 is 1.31 bits per heavy atom. The molecule has 0 fully saturated rings. The Balaban J connectivity index is 2.69. The summed E-state index contributed by atoms with van der Waals surface area (Å²) in [6.45, 7) is 5.78. The fraction of sp³-hybridized carbons (Fsp3) is 0.250. The fourth-order valence-electron chi connectivity index (χ4n) is 1.65. The molecule has 0 amide bonds. The van der Waals surface area contributed by atoms with E-state index in [2.05, 4.69) is 16.2 Å². The normalized spacial score (nSPS) is 10.1. The maximum Gasteiger partial charge on any atom is 0.171 e. The molecule has 4 heteroatoms. The summed E-state index contributed by atoms with van der Waals surface area (Å²) in [5.41, 5.74) is 3.44. The second-order valence-corrected chi connectivity index (χ2v) is 3.85. The van der Waals surface area contributed by atoms with Gasteiger partial charge < -0.3 is 0 Å². The molecular formula is C12H12N4. The zero-order chi connectivity index (χ0) is 11.7. The van der Waals surface area contributed by atoms with E-state index in [0.717, 1.165) is 16.8 Å². The molecule has 2 aromatic rings. The summed E-state index contributed by atoms with van der Waals surface area (Å²) in [7, 11) is 0. The van der Waals surface area contributed by atoms with Crippen molar-refractivity contribution >= 4 is 0 Å². The molecule has 4 nitrogen and oxygen atoms in total. The summed E-state index contributed by atoms with van der Waals surface area (Å²) in [6.07, 6.45) is 3.61. The zero-order valence-electron chi connectivity index (χ0n) is 9.52. The lowest BCUT2D eigenvalue weighted by Gasteiger charge is -2.06. The highest BCUT2D eigenvalue weighted by molar-refractivity contribution is 5.49. The standard InChI is InChI=1S/C12H12N4/c1-8-6-14-16(7-8)12-11(5-13)9(2)4-10(3)15-12/h4,6-7H,1-3H3. The lowest BCUT2D eigenvalue weighted by molar-refractivity contribution is 0.834. The number of hydrogen-bond donors (Lipinski definition) is 0. The van der Waals surface area contributed by atoms with E-state index in [0.29, 0.717) is 11.4 Å². The molecular weight excluding hydrogens is 200 g/mol. The first kappa shape index (κ1) is 10.4. The van der Waals surface area contributed by atoms with Crippen LogP contribution in [0, 0.1) is 32.1 Å². The Morgan fingerprint density at radius 2 is 2.06 bits per heavy atom. The van der Waals surface area contributed by atoms with E-state index in [1.54, 1.807) is 10.9 Å². The van der Waals surface area contributed by atoms with E-state index < -0.39 is 0 Å². The van der Waals surface area contributed by atoms with Gasteiger partial charge in [0, 0.05) is 11.9 Å². The van der Waals surface area contributed by atoms with Gasteiger partial charge in [-0.15, -0.1) is 0 Å². The second-order valence-electron chi connectivity index (χ2n) is 3.85. The summed E-state index contributed by atoms with van der Waals surface area (Å²) in [5.74, 6) is 0.605. The lowest BCUT2D eigenvalue weighted by atomic mass is 10.1. The van der Waals surface area contributed by atoms with Crippen LogP contribution in [0.1, 0.15) is 22.4 Å². The Labute approximate surface area is 94.2 Å². The Hall–Kier alpha value is -2.15. The number of pyridine rings is 1. The van der Waals surface area contributed by atoms with Gasteiger partial charge in [0.2, 0.25) is 0 Å². The zero-order valence-corrected chi connectivity index (χ0v) is 9.52. The third-order valence-corrected chi connectivity index (χ3v) is 2.37. The largest absolute Gasteiger partial charge is 0.233 e. The molecule has 0 saturated heterocycles. The van der Waals surface area contributed by atoms with Crippen LogP contribution in [-0.4, -0.2) is 14.8 Å². The van der Waals surface area contributed by atoms with Crippen LogP contribution < -0.4 is 0 Å². The van der Waals surface area contributed by atoms with Gasteiger partial charge >= 0.3 is 0 Å². The number of nitriles is 1. The topological polar surface area (TPSA) is 54.5 Å². The van der Waals surface area contributed by atoms with E-state index >= 15 is 0 Å². The third-order valence-electron chi connectivity index (χ3n) is 2.37. The molecule has 0 N–H and O–H groups in total. The number of aromatic nitrogens is 3. The Kier molecular flexibility index (Phi) is 2.45. The summed E-state index contributed by atoms with van der Waals surface area (Å²) >= 11 is 0. The molecule has 0 aliphatic carbocycles. The first-order chi connectivity index (χ1) is 7.61. The predicted molar refractivity (Wildman–Crippen MR) is 60.3 cm³/mol. The average molecular weight is 212 g/mol. The maximum absolute atomic E-state index is 9.13. The monoisotopic (exact) mass is 212 g/mol. The number of rotatable bonds is 1. The summed E-state index contributed by atoms with van der Waals surface area (Å²) < 4.78 is 1.65. The van der Waals surface area contributed by atoms with Crippen molar-refractivity contribution in [2.45, 2.75) is 20.8 Å². The van der Waals surface area contributed by atoms with E-state index in [1.165, 1.54) is 0 Å². The summed E-state index contributed by atoms with van der Waals surface area (Å²) in [5, 5.41) is 13.3. The van der Waals surface area contributed by atoms with E-state index in [1.807, 2.05) is 33.0 Å². The lowest BCUT2D eigenvalue weighted by Crippen LogP contribution is -2.04. The van der Waals surface area contributed by atoms with E-state index in [4.69, 9.17) is 5.26 Å². The number of aryl methyl sites for hydroxylation is 3.